The van der Waals surface area contributed by atoms with Crippen LogP contribution in [0.3, 0.4) is 0 Å². The van der Waals surface area contributed by atoms with Gasteiger partial charge in [-0.3, -0.25) is 4.79 Å². The largest absolute Gasteiger partial charge is 0.356 e. The first-order valence-corrected chi connectivity index (χ1v) is 7.21. The SMILES string of the molecule is Cc1cc(NC(=O)c2cc(S(N)(=O)=O)c[nH]2)cc(F)c1F. The predicted octanol–water partition coefficient (Wildman–Crippen LogP) is 1.50. The molecule has 0 bridgehead atoms. The van der Waals surface area contributed by atoms with E-state index in [1.807, 2.05) is 0 Å². The maximum absolute atomic E-state index is 13.2. The molecule has 1 aromatic heterocycles. The molecule has 0 aliphatic carbocycles. The van der Waals surface area contributed by atoms with Gasteiger partial charge < -0.3 is 10.3 Å². The lowest BCUT2D eigenvalue weighted by atomic mass is 10.2. The topological polar surface area (TPSA) is 105 Å². The van der Waals surface area contributed by atoms with E-state index in [1.165, 1.54) is 13.0 Å². The third-order valence-electron chi connectivity index (χ3n) is 2.70. The molecule has 0 aliphatic heterocycles. The van der Waals surface area contributed by atoms with Crippen LogP contribution in [-0.4, -0.2) is 19.3 Å². The quantitative estimate of drug-likeness (QED) is 0.799. The van der Waals surface area contributed by atoms with E-state index in [0.717, 1.165) is 18.3 Å². The van der Waals surface area contributed by atoms with Crippen molar-refractivity contribution in [2.45, 2.75) is 11.8 Å². The first-order chi connectivity index (χ1) is 9.68. The molecule has 9 heteroatoms. The summed E-state index contributed by atoms with van der Waals surface area (Å²) in [4.78, 5) is 14.0. The molecule has 1 aromatic carbocycles. The summed E-state index contributed by atoms with van der Waals surface area (Å²) >= 11 is 0. The number of amides is 1. The monoisotopic (exact) mass is 315 g/mol. The second-order valence-electron chi connectivity index (χ2n) is 4.34. The van der Waals surface area contributed by atoms with E-state index < -0.39 is 27.6 Å². The lowest BCUT2D eigenvalue weighted by Crippen LogP contribution is -2.13. The molecule has 2 rings (SSSR count). The lowest BCUT2D eigenvalue weighted by Gasteiger charge is -2.06. The van der Waals surface area contributed by atoms with E-state index in [0.29, 0.717) is 0 Å². The minimum Gasteiger partial charge on any atom is -0.356 e. The first kappa shape index (κ1) is 15.1. The van der Waals surface area contributed by atoms with Gasteiger partial charge in [-0.25, -0.2) is 22.3 Å². The molecule has 0 aliphatic rings. The fraction of sp³-hybridized carbons (Fsp3) is 0.0833. The molecular weight excluding hydrogens is 304 g/mol. The molecule has 1 amide bonds. The number of nitrogens with one attached hydrogen (secondary N) is 2. The molecule has 2 aromatic rings. The van der Waals surface area contributed by atoms with Crippen LogP contribution in [-0.2, 0) is 10.0 Å². The van der Waals surface area contributed by atoms with Crippen LogP contribution in [0.15, 0.2) is 29.3 Å². The summed E-state index contributed by atoms with van der Waals surface area (Å²) in [5.74, 6) is -2.80. The average molecular weight is 315 g/mol. The van der Waals surface area contributed by atoms with E-state index in [9.17, 15) is 22.0 Å². The van der Waals surface area contributed by atoms with E-state index >= 15 is 0 Å². The van der Waals surface area contributed by atoms with Crippen molar-refractivity contribution in [1.29, 1.82) is 0 Å². The predicted molar refractivity (Wildman–Crippen MR) is 71.2 cm³/mol. The average Bonchev–Trinajstić information content (AvgIpc) is 2.85. The molecule has 0 saturated carbocycles. The molecule has 0 saturated heterocycles. The van der Waals surface area contributed by atoms with E-state index in [2.05, 4.69) is 10.3 Å². The Labute approximate surface area is 119 Å². The number of aryl methyl sites for hydroxylation is 1. The Hall–Kier alpha value is -2.26. The van der Waals surface area contributed by atoms with Crippen molar-refractivity contribution in [2.75, 3.05) is 5.32 Å². The van der Waals surface area contributed by atoms with Gasteiger partial charge >= 0.3 is 0 Å². The minimum absolute atomic E-state index is 0.0296. The van der Waals surface area contributed by atoms with Crippen LogP contribution in [0, 0.1) is 18.6 Å². The Morgan fingerprint density at radius 2 is 1.95 bits per heavy atom. The van der Waals surface area contributed by atoms with Gasteiger partial charge in [0.25, 0.3) is 5.91 Å². The maximum Gasteiger partial charge on any atom is 0.272 e. The van der Waals surface area contributed by atoms with E-state index in [1.54, 1.807) is 0 Å². The summed E-state index contributed by atoms with van der Waals surface area (Å²) < 4.78 is 48.5. The number of primary sulfonamides is 1. The molecular formula is C12H11F2N3O3S. The lowest BCUT2D eigenvalue weighted by molar-refractivity contribution is 0.102. The Morgan fingerprint density at radius 3 is 2.48 bits per heavy atom. The van der Waals surface area contributed by atoms with Gasteiger partial charge in [-0.1, -0.05) is 0 Å². The molecule has 112 valence electrons. The number of rotatable bonds is 3. The fourth-order valence-electron chi connectivity index (χ4n) is 1.67. The van der Waals surface area contributed by atoms with Crippen LogP contribution in [0.1, 0.15) is 16.1 Å². The van der Waals surface area contributed by atoms with Crippen LogP contribution in [0.4, 0.5) is 14.5 Å². The number of H-pyrrole nitrogens is 1. The van der Waals surface area contributed by atoms with Gasteiger partial charge in [0, 0.05) is 18.0 Å². The highest BCUT2D eigenvalue weighted by Gasteiger charge is 2.16. The van der Waals surface area contributed by atoms with E-state index in [4.69, 9.17) is 5.14 Å². The summed E-state index contributed by atoms with van der Waals surface area (Å²) in [5.41, 5.74) is -0.00780. The maximum atomic E-state index is 13.2. The number of nitrogens with two attached hydrogens (primary N) is 1. The number of hydrogen-bond acceptors (Lipinski definition) is 3. The highest BCUT2D eigenvalue weighted by atomic mass is 32.2. The summed E-state index contributed by atoms with van der Waals surface area (Å²) in [6.45, 7) is 1.35. The molecule has 0 spiro atoms. The first-order valence-electron chi connectivity index (χ1n) is 5.66. The number of benzene rings is 1. The van der Waals surface area contributed by atoms with Gasteiger partial charge in [0.05, 0.1) is 4.90 Å². The highest BCUT2D eigenvalue weighted by molar-refractivity contribution is 7.89. The zero-order valence-electron chi connectivity index (χ0n) is 10.8. The molecule has 0 fully saturated rings. The summed E-state index contributed by atoms with van der Waals surface area (Å²) in [5, 5.41) is 7.23. The van der Waals surface area contributed by atoms with Crippen LogP contribution in [0.2, 0.25) is 0 Å². The standard InChI is InChI=1S/C12H11F2N3O3S/c1-6-2-7(3-9(13)11(6)14)17-12(18)10-4-8(5-16-10)21(15,19)20/h2-5,16H,1H3,(H,17,18)(H2,15,19,20). The number of halogens is 2. The number of anilines is 1. The van der Waals surface area contributed by atoms with Crippen molar-refractivity contribution in [1.82, 2.24) is 4.98 Å². The van der Waals surface area contributed by atoms with Crippen LogP contribution < -0.4 is 10.5 Å². The third-order valence-corrected chi connectivity index (χ3v) is 3.59. The molecule has 6 nitrogen and oxygen atoms in total. The number of carbonyl (C=O) groups excluding carboxylic acids is 1. The third kappa shape index (κ3) is 3.26. The Kier molecular flexibility index (Phi) is 3.79. The molecule has 4 N–H and O–H groups in total. The number of carbonyl (C=O) groups is 1. The number of hydrogen-bond donors (Lipinski definition) is 3. The molecule has 1 heterocycles. The van der Waals surface area contributed by atoms with Crippen molar-refractivity contribution >= 4 is 21.6 Å². The summed E-state index contributed by atoms with van der Waals surface area (Å²) in [6, 6.07) is 3.11. The second kappa shape index (κ2) is 5.26. The van der Waals surface area contributed by atoms with Crippen molar-refractivity contribution in [2.24, 2.45) is 5.14 Å². The van der Waals surface area contributed by atoms with E-state index in [-0.39, 0.29) is 21.8 Å². The van der Waals surface area contributed by atoms with Crippen molar-refractivity contribution in [3.8, 4) is 0 Å². The van der Waals surface area contributed by atoms with Crippen LogP contribution in [0.25, 0.3) is 0 Å². The smallest absolute Gasteiger partial charge is 0.272 e. The normalized spacial score (nSPS) is 11.4. The summed E-state index contributed by atoms with van der Waals surface area (Å²) in [7, 11) is -3.93. The second-order valence-corrected chi connectivity index (χ2v) is 5.90. The Bertz CT molecular complexity index is 792. The molecule has 21 heavy (non-hydrogen) atoms. The van der Waals surface area contributed by atoms with Crippen molar-refractivity contribution in [3.63, 3.8) is 0 Å². The number of sulfonamides is 1. The molecule has 0 radical (unpaired) electrons. The zero-order valence-corrected chi connectivity index (χ0v) is 11.6. The Balaban J connectivity index is 2.24. The van der Waals surface area contributed by atoms with Gasteiger partial charge in [-0.15, -0.1) is 0 Å². The molecule has 0 atom stereocenters. The van der Waals surface area contributed by atoms with Gasteiger partial charge in [0.2, 0.25) is 10.0 Å². The zero-order chi connectivity index (χ0) is 15.8. The highest BCUT2D eigenvalue weighted by Crippen LogP contribution is 2.19. The van der Waals surface area contributed by atoms with Crippen molar-refractivity contribution < 1.29 is 22.0 Å². The van der Waals surface area contributed by atoms with Crippen LogP contribution in [0.5, 0.6) is 0 Å². The van der Waals surface area contributed by atoms with Gasteiger partial charge in [-0.2, -0.15) is 0 Å². The van der Waals surface area contributed by atoms with Crippen molar-refractivity contribution in [3.05, 3.63) is 47.3 Å². The Morgan fingerprint density at radius 1 is 1.29 bits per heavy atom. The summed E-state index contributed by atoms with van der Waals surface area (Å²) in [6.07, 6.45) is 1.06. The molecule has 0 unspecified atom stereocenters. The van der Waals surface area contributed by atoms with Gasteiger partial charge in [0.1, 0.15) is 5.69 Å². The fourth-order valence-corrected chi connectivity index (χ4v) is 2.17. The minimum atomic E-state index is -3.93. The van der Waals surface area contributed by atoms with Gasteiger partial charge in [-0.05, 0) is 24.6 Å². The van der Waals surface area contributed by atoms with Crippen LogP contribution >= 0.6 is 0 Å². The van der Waals surface area contributed by atoms with Gasteiger partial charge in [0.15, 0.2) is 11.6 Å². The number of aromatic nitrogens is 1. The number of aromatic amines is 1.